The van der Waals surface area contributed by atoms with E-state index in [0.29, 0.717) is 4.88 Å². The number of nitrogens with zero attached hydrogens (tertiary/aromatic N) is 1. The number of hydrogen-bond donors (Lipinski definition) is 1. The molecular weight excluding hydrogens is 286 g/mol. The van der Waals surface area contributed by atoms with Crippen molar-refractivity contribution in [1.29, 1.82) is 0 Å². The first kappa shape index (κ1) is 13.5. The third-order valence-electron chi connectivity index (χ3n) is 2.35. The zero-order valence-electron chi connectivity index (χ0n) is 9.91. The molecule has 1 aromatic carbocycles. The van der Waals surface area contributed by atoms with Crippen molar-refractivity contribution >= 4 is 40.0 Å². The Morgan fingerprint density at radius 1 is 1.28 bits per heavy atom. The molecule has 0 saturated carbocycles. The van der Waals surface area contributed by atoms with Gasteiger partial charge in [0, 0.05) is 12.1 Å². The van der Waals surface area contributed by atoms with Gasteiger partial charge < -0.3 is 5.11 Å². The molecule has 0 unspecified atom stereocenters. The summed E-state index contributed by atoms with van der Waals surface area (Å²) in [6.45, 7) is 0. The van der Waals surface area contributed by atoms with Gasteiger partial charge in [-0.3, -0.25) is 4.79 Å². The van der Waals surface area contributed by atoms with Crippen LogP contribution in [0.2, 0.25) is 0 Å². The van der Waals surface area contributed by atoms with Gasteiger partial charge in [-0.1, -0.05) is 30.0 Å². The second kappa shape index (κ2) is 5.77. The number of thiazole rings is 1. The molecule has 0 fully saturated rings. The number of carbonyl (C=O) groups is 1. The van der Waals surface area contributed by atoms with Gasteiger partial charge in [-0.2, -0.15) is 0 Å². The molecule has 0 aliphatic rings. The van der Waals surface area contributed by atoms with Crippen molar-refractivity contribution in [3.63, 3.8) is 0 Å². The van der Waals surface area contributed by atoms with E-state index >= 15 is 0 Å². The lowest BCUT2D eigenvalue weighted by atomic mass is 10.3. The van der Waals surface area contributed by atoms with Crippen LogP contribution in [0.4, 0.5) is 0 Å². The Morgan fingerprint density at radius 2 is 1.94 bits per heavy atom. The molecule has 2 aromatic rings. The average Bonchev–Trinajstić information content (AvgIpc) is 2.75. The minimum atomic E-state index is -0.109. The van der Waals surface area contributed by atoms with Crippen LogP contribution < -0.4 is 4.57 Å². The van der Waals surface area contributed by atoms with Crippen LogP contribution in [-0.2, 0) is 0 Å². The predicted molar refractivity (Wildman–Crippen MR) is 77.1 cm³/mol. The first-order valence-corrected chi connectivity index (χ1v) is 8.41. The van der Waals surface area contributed by atoms with Crippen molar-refractivity contribution in [3.05, 3.63) is 35.2 Å². The summed E-state index contributed by atoms with van der Waals surface area (Å²) in [5.74, 6) is 0.0231. The smallest absolute Gasteiger partial charge is 0.395 e. The molecule has 0 amide bonds. The summed E-state index contributed by atoms with van der Waals surface area (Å²) in [4.78, 5) is 12.1. The molecule has 1 aromatic heterocycles. The Balaban J connectivity index is 2.60. The lowest BCUT2D eigenvalue weighted by Gasteiger charge is -1.95. The number of rotatable bonds is 3. The van der Waals surface area contributed by atoms with Gasteiger partial charge in [-0.15, -0.1) is 4.57 Å². The van der Waals surface area contributed by atoms with E-state index in [0.717, 1.165) is 21.8 Å². The van der Waals surface area contributed by atoms with E-state index in [1.165, 1.54) is 23.1 Å². The van der Waals surface area contributed by atoms with E-state index in [9.17, 15) is 9.90 Å². The summed E-state index contributed by atoms with van der Waals surface area (Å²) >= 11 is 3.94. The summed E-state index contributed by atoms with van der Waals surface area (Å²) in [7, 11) is 0. The number of thioether (sulfide) groups is 2. The lowest BCUT2D eigenvalue weighted by Crippen LogP contribution is -2.30. The van der Waals surface area contributed by atoms with Crippen LogP contribution in [0.15, 0.2) is 34.7 Å². The monoisotopic (exact) mass is 298 g/mol. The topological polar surface area (TPSA) is 41.2 Å². The van der Waals surface area contributed by atoms with E-state index in [-0.39, 0.29) is 11.0 Å². The second-order valence-corrected chi connectivity index (χ2v) is 6.22. The molecule has 0 spiro atoms. The second-order valence-electron chi connectivity index (χ2n) is 3.39. The van der Waals surface area contributed by atoms with Crippen LogP contribution in [0.1, 0.15) is 9.67 Å². The summed E-state index contributed by atoms with van der Waals surface area (Å²) in [6, 6.07) is 9.53. The van der Waals surface area contributed by atoms with E-state index in [1.807, 2.05) is 36.6 Å². The average molecular weight is 298 g/mol. The zero-order valence-corrected chi connectivity index (χ0v) is 12.4. The van der Waals surface area contributed by atoms with Crippen molar-refractivity contribution in [2.45, 2.75) is 4.34 Å². The summed E-state index contributed by atoms with van der Waals surface area (Å²) in [6.07, 6.45) is 3.64. The van der Waals surface area contributed by atoms with Crippen LogP contribution in [0.3, 0.4) is 0 Å². The predicted octanol–water partition coefficient (Wildman–Crippen LogP) is 2.96. The van der Waals surface area contributed by atoms with Crippen molar-refractivity contribution in [2.75, 3.05) is 12.5 Å². The third kappa shape index (κ3) is 2.41. The summed E-state index contributed by atoms with van der Waals surface area (Å²) < 4.78 is 2.59. The lowest BCUT2D eigenvalue weighted by molar-refractivity contribution is -0.635. The first-order chi connectivity index (χ1) is 8.69. The Hall–Kier alpha value is -0.980. The molecule has 94 valence electrons. The largest absolute Gasteiger partial charge is 0.458 e. The highest BCUT2D eigenvalue weighted by atomic mass is 32.2. The Morgan fingerprint density at radius 3 is 2.50 bits per heavy atom. The van der Waals surface area contributed by atoms with Crippen LogP contribution in [0.5, 0.6) is 5.88 Å². The molecule has 0 atom stereocenters. The molecule has 0 aliphatic carbocycles. The third-order valence-corrected chi connectivity index (χ3v) is 5.26. The molecule has 18 heavy (non-hydrogen) atoms. The SMILES string of the molecule is CSC(=O)c1sc(SC)[n+](-c2ccccc2)c1O. The summed E-state index contributed by atoms with van der Waals surface area (Å²) in [5, 5.41) is 10.1. The van der Waals surface area contributed by atoms with Crippen molar-refractivity contribution in [3.8, 4) is 11.6 Å². The molecule has 0 radical (unpaired) electrons. The molecule has 0 saturated heterocycles. The van der Waals surface area contributed by atoms with Gasteiger partial charge >= 0.3 is 10.2 Å². The normalized spacial score (nSPS) is 10.6. The minimum Gasteiger partial charge on any atom is -0.458 e. The maximum atomic E-state index is 11.7. The number of hydrogen-bond acceptors (Lipinski definition) is 5. The zero-order chi connectivity index (χ0) is 13.1. The van der Waals surface area contributed by atoms with Gasteiger partial charge in [0.05, 0.1) is 0 Å². The molecule has 1 heterocycles. The van der Waals surface area contributed by atoms with E-state index in [4.69, 9.17) is 0 Å². The number of para-hydroxylation sites is 1. The van der Waals surface area contributed by atoms with Gasteiger partial charge in [0.1, 0.15) is 0 Å². The number of aromatic hydroxyl groups is 1. The van der Waals surface area contributed by atoms with Crippen LogP contribution in [0.25, 0.3) is 5.69 Å². The molecule has 0 aliphatic heterocycles. The fourth-order valence-electron chi connectivity index (χ4n) is 1.53. The van der Waals surface area contributed by atoms with Crippen LogP contribution in [0, 0.1) is 0 Å². The van der Waals surface area contributed by atoms with Gasteiger partial charge in [-0.25, -0.2) is 0 Å². The minimum absolute atomic E-state index is 0.0231. The fourth-order valence-corrected chi connectivity index (χ4v) is 3.86. The molecule has 1 N–H and O–H groups in total. The van der Waals surface area contributed by atoms with Gasteiger partial charge in [0.2, 0.25) is 15.7 Å². The first-order valence-electron chi connectivity index (χ1n) is 5.14. The van der Waals surface area contributed by atoms with E-state index < -0.39 is 0 Å². The molecule has 3 nitrogen and oxygen atoms in total. The molecule has 2 rings (SSSR count). The Labute approximate surface area is 118 Å². The fraction of sp³-hybridized carbons (Fsp3) is 0.167. The molecule has 0 bridgehead atoms. The van der Waals surface area contributed by atoms with Crippen molar-refractivity contribution < 1.29 is 14.5 Å². The maximum Gasteiger partial charge on any atom is 0.395 e. The Bertz CT molecular complexity index is 566. The van der Waals surface area contributed by atoms with Gasteiger partial charge in [0.15, 0.2) is 0 Å². The number of carbonyl (C=O) groups excluding carboxylic acids is 1. The highest BCUT2D eigenvalue weighted by Crippen LogP contribution is 2.32. The van der Waals surface area contributed by atoms with Gasteiger partial charge in [0.25, 0.3) is 0 Å². The summed E-state index contributed by atoms with van der Waals surface area (Å²) in [5.41, 5.74) is 0.857. The standard InChI is InChI=1S/C12H11NO2S3/c1-16-11(15)9-10(14)13(12(17-2)18-9)8-6-4-3-5-7-8/h3-7H,1-2H3/p+1. The molecule has 6 heteroatoms. The van der Waals surface area contributed by atoms with Crippen LogP contribution >= 0.6 is 34.9 Å². The van der Waals surface area contributed by atoms with Crippen molar-refractivity contribution in [2.24, 2.45) is 0 Å². The maximum absolute atomic E-state index is 11.7. The van der Waals surface area contributed by atoms with Crippen LogP contribution in [-0.4, -0.2) is 22.7 Å². The highest BCUT2D eigenvalue weighted by molar-refractivity contribution is 8.13. The number of aromatic nitrogens is 1. The molecular formula is C12H12NO2S3+. The highest BCUT2D eigenvalue weighted by Gasteiger charge is 2.31. The van der Waals surface area contributed by atoms with E-state index in [2.05, 4.69) is 0 Å². The van der Waals surface area contributed by atoms with Gasteiger partial charge in [-0.05, 0) is 35.6 Å². The number of benzene rings is 1. The Kier molecular flexibility index (Phi) is 4.31. The van der Waals surface area contributed by atoms with Crippen molar-refractivity contribution in [1.82, 2.24) is 0 Å². The van der Waals surface area contributed by atoms with E-state index in [1.54, 1.807) is 10.8 Å². The quantitative estimate of drug-likeness (QED) is 0.699.